The van der Waals surface area contributed by atoms with Crippen molar-refractivity contribution in [3.05, 3.63) is 35.6 Å². The highest BCUT2D eigenvalue weighted by atomic mass is 19.1. The van der Waals surface area contributed by atoms with Crippen LogP contribution < -0.4 is 10.6 Å². The Morgan fingerprint density at radius 1 is 1.22 bits per heavy atom. The second-order valence-electron chi connectivity index (χ2n) is 7.54. The molecule has 0 spiro atoms. The Morgan fingerprint density at radius 3 is 2.57 bits per heavy atom. The van der Waals surface area contributed by atoms with E-state index in [1.807, 2.05) is 6.07 Å². The summed E-state index contributed by atoms with van der Waals surface area (Å²) in [7, 11) is 0. The van der Waals surface area contributed by atoms with Crippen molar-refractivity contribution in [2.24, 2.45) is 5.41 Å². The average Bonchev–Trinajstić information content (AvgIpc) is 3.04. The minimum absolute atomic E-state index is 0.0837. The molecule has 1 aliphatic heterocycles. The normalized spacial score (nSPS) is 22.7. The van der Waals surface area contributed by atoms with Gasteiger partial charge >= 0.3 is 0 Å². The standard InChI is InChI=1S/C19H27FN2O/c1-18(9-11-21-12-10-18)14-22-17(23)19(7-2-3-8-19)15-5-4-6-16(20)13-15/h4-6,13,21H,2-3,7-12,14H2,1H3,(H,22,23). The number of hydrogen-bond donors (Lipinski definition) is 2. The zero-order chi connectivity index (χ0) is 16.3. The van der Waals surface area contributed by atoms with Crippen LogP contribution in [0, 0.1) is 11.2 Å². The second kappa shape index (κ2) is 6.60. The third kappa shape index (κ3) is 3.42. The van der Waals surface area contributed by atoms with Crippen LogP contribution in [0.25, 0.3) is 0 Å². The van der Waals surface area contributed by atoms with Gasteiger partial charge in [0, 0.05) is 6.54 Å². The van der Waals surface area contributed by atoms with Crippen molar-refractivity contribution in [3.63, 3.8) is 0 Å². The van der Waals surface area contributed by atoms with Gasteiger partial charge in [-0.05, 0) is 61.9 Å². The Labute approximate surface area is 138 Å². The van der Waals surface area contributed by atoms with E-state index in [1.165, 1.54) is 12.1 Å². The molecule has 2 aliphatic rings. The lowest BCUT2D eigenvalue weighted by Crippen LogP contribution is -2.48. The fourth-order valence-corrected chi connectivity index (χ4v) is 4.08. The Bertz CT molecular complexity index is 560. The third-order valence-electron chi connectivity index (χ3n) is 5.76. The van der Waals surface area contributed by atoms with Crippen molar-refractivity contribution in [2.75, 3.05) is 19.6 Å². The van der Waals surface area contributed by atoms with Gasteiger partial charge in [-0.15, -0.1) is 0 Å². The van der Waals surface area contributed by atoms with Crippen LogP contribution in [-0.4, -0.2) is 25.5 Å². The molecule has 0 radical (unpaired) electrons. The smallest absolute Gasteiger partial charge is 0.230 e. The topological polar surface area (TPSA) is 41.1 Å². The molecular formula is C19H27FN2O. The van der Waals surface area contributed by atoms with Crippen LogP contribution in [0.5, 0.6) is 0 Å². The Hall–Kier alpha value is -1.42. The van der Waals surface area contributed by atoms with Crippen molar-refractivity contribution >= 4 is 5.91 Å². The van der Waals surface area contributed by atoms with E-state index in [-0.39, 0.29) is 17.1 Å². The number of halogens is 1. The van der Waals surface area contributed by atoms with Crippen LogP contribution >= 0.6 is 0 Å². The highest BCUT2D eigenvalue weighted by Gasteiger charge is 2.43. The summed E-state index contributed by atoms with van der Waals surface area (Å²) < 4.78 is 13.7. The number of piperidine rings is 1. The van der Waals surface area contributed by atoms with Crippen molar-refractivity contribution in [3.8, 4) is 0 Å². The summed E-state index contributed by atoms with van der Waals surface area (Å²) in [4.78, 5) is 13.0. The summed E-state index contributed by atoms with van der Waals surface area (Å²) in [5.74, 6) is -0.174. The lowest BCUT2D eigenvalue weighted by atomic mass is 9.76. The Morgan fingerprint density at radius 2 is 1.91 bits per heavy atom. The molecule has 1 aromatic rings. The summed E-state index contributed by atoms with van der Waals surface area (Å²) in [6.07, 6.45) is 5.87. The number of nitrogens with one attached hydrogen (secondary N) is 2. The van der Waals surface area contributed by atoms with Gasteiger partial charge in [0.1, 0.15) is 5.82 Å². The molecule has 3 nitrogen and oxygen atoms in total. The number of benzene rings is 1. The number of carbonyl (C=O) groups excluding carboxylic acids is 1. The lowest BCUT2D eigenvalue weighted by molar-refractivity contribution is -0.127. The zero-order valence-electron chi connectivity index (χ0n) is 14.0. The maximum absolute atomic E-state index is 13.7. The van der Waals surface area contributed by atoms with Gasteiger partial charge in [-0.2, -0.15) is 0 Å². The van der Waals surface area contributed by atoms with Crippen LogP contribution in [0.3, 0.4) is 0 Å². The first-order chi connectivity index (χ1) is 11.0. The molecule has 126 valence electrons. The number of carbonyl (C=O) groups is 1. The minimum Gasteiger partial charge on any atom is -0.355 e. The fourth-order valence-electron chi connectivity index (χ4n) is 4.08. The summed E-state index contributed by atoms with van der Waals surface area (Å²) in [6.45, 7) is 4.99. The predicted octanol–water partition coefficient (Wildman–Crippen LogP) is 3.14. The molecule has 1 heterocycles. The van der Waals surface area contributed by atoms with Crippen LogP contribution in [-0.2, 0) is 10.2 Å². The zero-order valence-corrected chi connectivity index (χ0v) is 14.0. The van der Waals surface area contributed by atoms with E-state index in [4.69, 9.17) is 0 Å². The molecule has 0 atom stereocenters. The van der Waals surface area contributed by atoms with Gasteiger partial charge in [0.05, 0.1) is 5.41 Å². The molecule has 0 aromatic heterocycles. The predicted molar refractivity (Wildman–Crippen MR) is 89.8 cm³/mol. The first-order valence-electron chi connectivity index (χ1n) is 8.79. The van der Waals surface area contributed by atoms with Crippen LogP contribution in [0.4, 0.5) is 4.39 Å². The summed E-state index contributed by atoms with van der Waals surface area (Å²) in [5.41, 5.74) is 0.469. The SMILES string of the molecule is CC1(CNC(=O)C2(c3cccc(F)c3)CCCC2)CCNCC1. The average molecular weight is 318 g/mol. The molecule has 23 heavy (non-hydrogen) atoms. The molecule has 2 N–H and O–H groups in total. The second-order valence-corrected chi connectivity index (χ2v) is 7.54. The summed E-state index contributed by atoms with van der Waals surface area (Å²) in [5, 5.41) is 6.57. The van der Waals surface area contributed by atoms with Crippen molar-refractivity contribution in [2.45, 2.75) is 50.9 Å². The van der Waals surface area contributed by atoms with E-state index >= 15 is 0 Å². The molecule has 4 heteroatoms. The number of hydrogen-bond acceptors (Lipinski definition) is 2. The first kappa shape index (κ1) is 16.4. The molecule has 1 aromatic carbocycles. The molecule has 1 amide bonds. The summed E-state index contributed by atoms with van der Waals surface area (Å²) >= 11 is 0. The van der Waals surface area contributed by atoms with E-state index < -0.39 is 5.41 Å². The highest BCUT2D eigenvalue weighted by molar-refractivity contribution is 5.88. The van der Waals surface area contributed by atoms with Crippen molar-refractivity contribution in [1.82, 2.24) is 10.6 Å². The number of rotatable bonds is 4. The van der Waals surface area contributed by atoms with Crippen LogP contribution in [0.2, 0.25) is 0 Å². The van der Waals surface area contributed by atoms with Crippen molar-refractivity contribution < 1.29 is 9.18 Å². The molecule has 1 aliphatic carbocycles. The van der Waals surface area contributed by atoms with Gasteiger partial charge in [-0.1, -0.05) is 31.9 Å². The first-order valence-corrected chi connectivity index (χ1v) is 8.79. The molecule has 2 fully saturated rings. The molecular weight excluding hydrogens is 291 g/mol. The molecule has 3 rings (SSSR count). The lowest BCUT2D eigenvalue weighted by Gasteiger charge is -2.36. The highest BCUT2D eigenvalue weighted by Crippen LogP contribution is 2.41. The van der Waals surface area contributed by atoms with E-state index in [2.05, 4.69) is 17.6 Å². The van der Waals surface area contributed by atoms with Crippen LogP contribution in [0.15, 0.2) is 24.3 Å². The van der Waals surface area contributed by atoms with Crippen LogP contribution in [0.1, 0.15) is 51.0 Å². The molecule has 1 saturated heterocycles. The van der Waals surface area contributed by atoms with Crippen molar-refractivity contribution in [1.29, 1.82) is 0 Å². The third-order valence-corrected chi connectivity index (χ3v) is 5.76. The Balaban J connectivity index is 1.74. The van der Waals surface area contributed by atoms with E-state index in [9.17, 15) is 9.18 Å². The van der Waals surface area contributed by atoms with E-state index in [1.54, 1.807) is 6.07 Å². The Kier molecular flexibility index (Phi) is 4.72. The maximum Gasteiger partial charge on any atom is 0.230 e. The number of amides is 1. The van der Waals surface area contributed by atoms with Gasteiger partial charge in [0.15, 0.2) is 0 Å². The monoisotopic (exact) mass is 318 g/mol. The van der Waals surface area contributed by atoms with E-state index in [0.717, 1.165) is 57.2 Å². The molecule has 0 unspecified atom stereocenters. The van der Waals surface area contributed by atoms with Gasteiger partial charge in [0.2, 0.25) is 5.91 Å². The largest absolute Gasteiger partial charge is 0.355 e. The molecule has 1 saturated carbocycles. The minimum atomic E-state index is -0.536. The van der Waals surface area contributed by atoms with Gasteiger partial charge in [-0.3, -0.25) is 4.79 Å². The quantitative estimate of drug-likeness (QED) is 0.895. The molecule has 0 bridgehead atoms. The van der Waals surface area contributed by atoms with Gasteiger partial charge < -0.3 is 10.6 Å². The van der Waals surface area contributed by atoms with Gasteiger partial charge in [-0.25, -0.2) is 4.39 Å². The van der Waals surface area contributed by atoms with E-state index in [0.29, 0.717) is 6.54 Å². The fraction of sp³-hybridized carbons (Fsp3) is 0.632. The van der Waals surface area contributed by atoms with Gasteiger partial charge in [0.25, 0.3) is 0 Å². The summed E-state index contributed by atoms with van der Waals surface area (Å²) in [6, 6.07) is 6.60. The maximum atomic E-state index is 13.7.